The second-order valence-corrected chi connectivity index (χ2v) is 6.51. The Bertz CT molecular complexity index is 1020. The van der Waals surface area contributed by atoms with E-state index >= 15 is 0 Å². The van der Waals surface area contributed by atoms with Crippen molar-refractivity contribution in [1.29, 1.82) is 0 Å². The van der Waals surface area contributed by atoms with Crippen LogP contribution in [0, 0.1) is 5.82 Å². The van der Waals surface area contributed by atoms with Gasteiger partial charge in [-0.25, -0.2) is 4.39 Å². The van der Waals surface area contributed by atoms with Crippen molar-refractivity contribution in [1.82, 2.24) is 0 Å². The highest BCUT2D eigenvalue weighted by Crippen LogP contribution is 2.21. The molecular weight excluding hydrogens is 362 g/mol. The van der Waals surface area contributed by atoms with E-state index in [1.54, 1.807) is 26.0 Å². The van der Waals surface area contributed by atoms with Gasteiger partial charge in [-0.15, -0.1) is 0 Å². The van der Waals surface area contributed by atoms with E-state index in [-0.39, 0.29) is 28.5 Å². The molecule has 0 aliphatic carbocycles. The minimum absolute atomic E-state index is 0.0458. The lowest BCUT2D eigenvalue weighted by molar-refractivity contribution is 0.0972. The Morgan fingerprint density at radius 2 is 1.93 bits per heavy atom. The van der Waals surface area contributed by atoms with Gasteiger partial charge < -0.3 is 13.6 Å². The monoisotopic (exact) mass is 382 g/mol. The van der Waals surface area contributed by atoms with Crippen LogP contribution in [-0.4, -0.2) is 20.2 Å². The number of rotatable bonds is 8. The van der Waals surface area contributed by atoms with Gasteiger partial charge in [0.2, 0.25) is 16.9 Å². The molecule has 0 aliphatic rings. The normalized spacial score (nSPS) is 10.8. The number of hydrogen-bond donors (Lipinski definition) is 0. The molecule has 3 aromatic rings. The molecule has 28 heavy (non-hydrogen) atoms. The molecule has 144 valence electrons. The number of hydrogen-bond acceptors (Lipinski definition) is 5. The van der Waals surface area contributed by atoms with E-state index in [1.807, 2.05) is 6.92 Å². The van der Waals surface area contributed by atoms with E-state index in [4.69, 9.17) is 13.6 Å². The van der Waals surface area contributed by atoms with Crippen molar-refractivity contribution in [3.05, 3.63) is 81.5 Å². The zero-order valence-corrected chi connectivity index (χ0v) is 15.8. The zero-order valence-electron chi connectivity index (χ0n) is 15.8. The first-order valence-corrected chi connectivity index (χ1v) is 9.12. The quantitative estimate of drug-likeness (QED) is 0.340. The van der Waals surface area contributed by atoms with Crippen molar-refractivity contribution < 1.29 is 22.8 Å². The fourth-order valence-corrected chi connectivity index (χ4v) is 2.65. The van der Waals surface area contributed by atoms with Crippen LogP contribution in [0.15, 0.2) is 56.3 Å². The third-order valence-electron chi connectivity index (χ3n) is 4.25. The lowest BCUT2D eigenvalue weighted by Gasteiger charge is -2.08. The Morgan fingerprint density at radius 1 is 1.18 bits per heavy atom. The average Bonchev–Trinajstić information content (AvgIpc) is 3.15. The lowest BCUT2D eigenvalue weighted by Crippen LogP contribution is -2.28. The SMILES string of the molecule is Bc1coc(C(=O)c2ccc(Cc3ccc(F)cc3)o2)c(OCCCC)c1=O. The molecule has 3 rings (SSSR count). The van der Waals surface area contributed by atoms with Gasteiger partial charge in [0.1, 0.15) is 19.4 Å². The molecule has 0 atom stereocenters. The number of furan rings is 1. The summed E-state index contributed by atoms with van der Waals surface area (Å²) < 4.78 is 29.6. The fraction of sp³-hybridized carbons (Fsp3) is 0.238. The summed E-state index contributed by atoms with van der Waals surface area (Å²) in [6.07, 6.45) is 3.30. The van der Waals surface area contributed by atoms with E-state index < -0.39 is 5.78 Å². The van der Waals surface area contributed by atoms with Crippen LogP contribution < -0.4 is 15.6 Å². The first-order valence-electron chi connectivity index (χ1n) is 9.12. The minimum atomic E-state index is -0.561. The van der Waals surface area contributed by atoms with Gasteiger partial charge in [0.05, 0.1) is 12.9 Å². The predicted octanol–water partition coefficient (Wildman–Crippen LogP) is 2.63. The summed E-state index contributed by atoms with van der Waals surface area (Å²) in [5, 5.41) is 0. The number of ether oxygens (including phenoxy) is 1. The van der Waals surface area contributed by atoms with Gasteiger partial charge in [-0.3, -0.25) is 9.59 Å². The maximum atomic E-state index is 13.0. The van der Waals surface area contributed by atoms with Crippen molar-refractivity contribution >= 4 is 19.1 Å². The number of carbonyl (C=O) groups excluding carboxylic acids is 1. The summed E-state index contributed by atoms with van der Waals surface area (Å²) in [5.41, 5.74) is 0.837. The van der Waals surface area contributed by atoms with Crippen LogP contribution in [-0.2, 0) is 6.42 Å². The number of ketones is 1. The van der Waals surface area contributed by atoms with E-state index in [0.29, 0.717) is 24.3 Å². The van der Waals surface area contributed by atoms with Gasteiger partial charge in [-0.05, 0) is 41.7 Å². The van der Waals surface area contributed by atoms with Gasteiger partial charge in [-0.2, -0.15) is 0 Å². The second-order valence-electron chi connectivity index (χ2n) is 6.51. The molecule has 0 radical (unpaired) electrons. The van der Waals surface area contributed by atoms with Crippen LogP contribution in [0.1, 0.15) is 47.4 Å². The standard InChI is InChI=1S/C21H20BFO5/c1-2-3-10-26-20-18(24)16(22)12-27-21(20)19(25)17-9-8-15(28-17)11-13-4-6-14(23)7-5-13/h4-9,12H,2-3,10-11,22H2,1H3. The van der Waals surface area contributed by atoms with Crippen molar-refractivity contribution in [3.8, 4) is 5.75 Å². The number of carbonyl (C=O) groups is 1. The molecular formula is C21H20BFO5. The van der Waals surface area contributed by atoms with Gasteiger partial charge >= 0.3 is 0 Å². The maximum absolute atomic E-state index is 13.0. The van der Waals surface area contributed by atoms with E-state index in [0.717, 1.165) is 18.4 Å². The molecule has 2 aromatic heterocycles. The van der Waals surface area contributed by atoms with E-state index in [2.05, 4.69) is 0 Å². The van der Waals surface area contributed by atoms with Crippen LogP contribution in [0.25, 0.3) is 0 Å². The molecule has 2 heterocycles. The third kappa shape index (κ3) is 4.42. The molecule has 0 saturated carbocycles. The summed E-state index contributed by atoms with van der Waals surface area (Å²) in [6, 6.07) is 9.23. The first kappa shape index (κ1) is 19.7. The summed E-state index contributed by atoms with van der Waals surface area (Å²) in [6.45, 7) is 2.32. The van der Waals surface area contributed by atoms with Gasteiger partial charge in [-0.1, -0.05) is 25.5 Å². The average molecular weight is 382 g/mol. The summed E-state index contributed by atoms with van der Waals surface area (Å²) >= 11 is 0. The zero-order chi connectivity index (χ0) is 20.1. The largest absolute Gasteiger partial charge is 0.486 e. The molecule has 0 spiro atoms. The molecule has 0 N–H and O–H groups in total. The molecule has 0 amide bonds. The Labute approximate surface area is 162 Å². The van der Waals surface area contributed by atoms with Gasteiger partial charge in [0, 0.05) is 6.42 Å². The van der Waals surface area contributed by atoms with Crippen molar-refractivity contribution in [3.63, 3.8) is 0 Å². The number of unbranched alkanes of at least 4 members (excludes halogenated alkanes) is 1. The van der Waals surface area contributed by atoms with Crippen LogP contribution in [0.3, 0.4) is 0 Å². The topological polar surface area (TPSA) is 69.7 Å². The highest BCUT2D eigenvalue weighted by Gasteiger charge is 2.24. The summed E-state index contributed by atoms with van der Waals surface area (Å²) in [5.74, 6) is -0.551. The predicted molar refractivity (Wildman–Crippen MR) is 105 cm³/mol. The Kier molecular flexibility index (Phi) is 6.14. The Hall–Kier alpha value is -3.09. The van der Waals surface area contributed by atoms with Crippen molar-refractivity contribution in [2.24, 2.45) is 0 Å². The van der Waals surface area contributed by atoms with Crippen LogP contribution in [0.4, 0.5) is 4.39 Å². The minimum Gasteiger partial charge on any atom is -0.486 e. The molecule has 0 unspecified atom stereocenters. The molecule has 5 nitrogen and oxygen atoms in total. The number of halogens is 1. The summed E-state index contributed by atoms with van der Waals surface area (Å²) in [4.78, 5) is 25.2. The molecule has 1 aromatic carbocycles. The van der Waals surface area contributed by atoms with Crippen LogP contribution in [0.5, 0.6) is 5.75 Å². The molecule has 7 heteroatoms. The van der Waals surface area contributed by atoms with Gasteiger partial charge in [0.15, 0.2) is 5.76 Å². The van der Waals surface area contributed by atoms with Crippen molar-refractivity contribution in [2.45, 2.75) is 26.2 Å². The fourth-order valence-electron chi connectivity index (χ4n) is 2.65. The number of benzene rings is 1. The van der Waals surface area contributed by atoms with Crippen LogP contribution >= 0.6 is 0 Å². The van der Waals surface area contributed by atoms with Gasteiger partial charge in [0.25, 0.3) is 5.78 Å². The smallest absolute Gasteiger partial charge is 0.267 e. The molecule has 0 saturated heterocycles. The highest BCUT2D eigenvalue weighted by molar-refractivity contribution is 6.32. The lowest BCUT2D eigenvalue weighted by atomic mass is 9.98. The Balaban J connectivity index is 1.84. The first-order chi connectivity index (χ1) is 13.5. The highest BCUT2D eigenvalue weighted by atomic mass is 19.1. The Morgan fingerprint density at radius 3 is 2.64 bits per heavy atom. The summed E-state index contributed by atoms with van der Waals surface area (Å²) in [7, 11) is 1.60. The molecule has 0 aliphatic heterocycles. The van der Waals surface area contributed by atoms with E-state index in [9.17, 15) is 14.0 Å². The molecule has 0 fully saturated rings. The van der Waals surface area contributed by atoms with Crippen molar-refractivity contribution in [2.75, 3.05) is 6.61 Å². The van der Waals surface area contributed by atoms with E-state index in [1.165, 1.54) is 24.5 Å². The maximum Gasteiger partial charge on any atom is 0.267 e. The molecule has 0 bridgehead atoms. The third-order valence-corrected chi connectivity index (χ3v) is 4.25. The van der Waals surface area contributed by atoms with Crippen LogP contribution in [0.2, 0.25) is 0 Å². The second kappa shape index (κ2) is 8.74.